The predicted octanol–water partition coefficient (Wildman–Crippen LogP) is -0.256. The molecule has 15 N–H and O–H groups in total. The van der Waals surface area contributed by atoms with Gasteiger partial charge in [0.1, 0.15) is 19.3 Å². The highest BCUT2D eigenvalue weighted by atomic mass is 16.5. The van der Waals surface area contributed by atoms with E-state index in [0.29, 0.717) is 63.0 Å². The van der Waals surface area contributed by atoms with Gasteiger partial charge < -0.3 is 88.7 Å². The smallest absolute Gasteiger partial charge is 0.246 e. The second-order valence-corrected chi connectivity index (χ2v) is 21.2. The molecule has 0 bridgehead atoms. The Morgan fingerprint density at radius 1 is 0.451 bits per heavy atom. The molecule has 0 aliphatic rings. The summed E-state index contributed by atoms with van der Waals surface area (Å²) in [7, 11) is 0. The minimum absolute atomic E-state index is 0.0128. The summed E-state index contributed by atoms with van der Waals surface area (Å²) in [6.07, 6.45) is 5.31. The summed E-state index contributed by atoms with van der Waals surface area (Å²) < 4.78 is 21.5. The number of amides is 9. The normalized spacial score (nSPS) is 13.5. The summed E-state index contributed by atoms with van der Waals surface area (Å²) in [6.45, 7) is 17.2. The Balaban J connectivity index is 4.64. The average molecular weight is 1170 g/mol. The van der Waals surface area contributed by atoms with Crippen molar-refractivity contribution in [3.05, 3.63) is 0 Å². The molecule has 28 nitrogen and oxygen atoms in total. The molecule has 9 amide bonds. The Bertz CT molecular complexity index is 1940. The molecule has 82 heavy (non-hydrogen) atoms. The zero-order valence-electron chi connectivity index (χ0n) is 50.1. The summed E-state index contributed by atoms with van der Waals surface area (Å²) in [5.74, 6) is -3.58. The van der Waals surface area contributed by atoms with Crippen molar-refractivity contribution in [2.24, 2.45) is 33.6 Å². The second kappa shape index (κ2) is 45.4. The first-order valence-corrected chi connectivity index (χ1v) is 28.6. The number of oxime groups is 2. The van der Waals surface area contributed by atoms with Crippen LogP contribution in [0.4, 0.5) is 0 Å². The average Bonchev–Trinajstić information content (AvgIpc) is 3.43. The highest BCUT2D eigenvalue weighted by Gasteiger charge is 2.27. The molecule has 0 rings (SSSR count). The maximum atomic E-state index is 13.3. The van der Waals surface area contributed by atoms with Crippen molar-refractivity contribution in [1.29, 1.82) is 0 Å². The van der Waals surface area contributed by atoms with Crippen molar-refractivity contribution < 1.29 is 72.5 Å². The number of primary amides is 2. The number of ether oxygens (including phenoxy) is 4. The molecule has 0 aromatic carbocycles. The van der Waals surface area contributed by atoms with E-state index in [1.54, 1.807) is 27.7 Å². The molecule has 0 fully saturated rings. The third-order valence-corrected chi connectivity index (χ3v) is 13.4. The fraction of sp³-hybridized carbons (Fsp3) is 0.796. The van der Waals surface area contributed by atoms with Crippen molar-refractivity contribution in [3.8, 4) is 0 Å². The number of hydrogen-bond donors (Lipinski definition) is 13. The number of rotatable bonds is 51. The molecule has 0 radical (unpaired) electrons. The van der Waals surface area contributed by atoms with E-state index in [2.05, 4.69) is 58.2 Å². The maximum absolute atomic E-state index is 13.3. The fourth-order valence-electron chi connectivity index (χ4n) is 7.18. The monoisotopic (exact) mass is 1170 g/mol. The van der Waals surface area contributed by atoms with Gasteiger partial charge in [0.25, 0.3) is 0 Å². The minimum atomic E-state index is -0.881. The molecule has 0 aromatic heterocycles. The minimum Gasteiger partial charge on any atom is -0.411 e. The number of unbranched alkanes of at least 4 members (excludes halogenated alkanes) is 3. The molecule has 0 aliphatic heterocycles. The first kappa shape index (κ1) is 75.9. The summed E-state index contributed by atoms with van der Waals surface area (Å²) >= 11 is 0. The first-order chi connectivity index (χ1) is 38.8. The zero-order valence-corrected chi connectivity index (χ0v) is 50.1. The molecular formula is C54H101N13O15. The van der Waals surface area contributed by atoms with Crippen LogP contribution in [0.2, 0.25) is 0 Å². The number of hydrogen-bond acceptors (Lipinski definition) is 19. The predicted molar refractivity (Wildman–Crippen MR) is 307 cm³/mol. The van der Waals surface area contributed by atoms with Crippen LogP contribution in [0.15, 0.2) is 10.3 Å². The van der Waals surface area contributed by atoms with Crippen molar-refractivity contribution >= 4 is 64.6 Å². The van der Waals surface area contributed by atoms with Crippen LogP contribution in [0.3, 0.4) is 0 Å². The molecule has 0 heterocycles. The van der Waals surface area contributed by atoms with Crippen molar-refractivity contribution in [1.82, 2.24) is 47.9 Å². The molecule has 3 atom stereocenters. The van der Waals surface area contributed by atoms with Gasteiger partial charge >= 0.3 is 0 Å². The summed E-state index contributed by atoms with van der Waals surface area (Å²) in [4.78, 5) is 111. The second-order valence-electron chi connectivity index (χ2n) is 21.2. The van der Waals surface area contributed by atoms with Gasteiger partial charge in [-0.05, 0) is 92.9 Å². The standard InChI is InChI=1S/C54H101N13O15/c1-38(50(55)74)16-9-12-24-58-48(72)36-81-32-31-80-29-27-60-49(73)37-82-33-30-79-28-26-59-44(68)19-15-20-46(70)65-43(52(76)61-25-13-10-17-39(2)51(56)75)18-11-14-23-57-45(69)21-22-47(71)64-42(34-62-53(5,6)40(3)66-77)35-63-54(7,8)41(4)67-78/h38-39,42-43,62-63,77-78H,9-37H2,1-8H3,(H2,55,74)(H2,56,75)(H,57,69)(H,58,72)(H,59,68)(H,60,73)(H,61,76)(H,64,71)(H,65,70)/b66-40+,67-41+/t38-,39?,43-/m0/s1. The highest BCUT2D eigenvalue weighted by molar-refractivity contribution is 5.91. The van der Waals surface area contributed by atoms with E-state index in [1.165, 1.54) is 0 Å². The number of nitrogens with two attached hydrogens (primary N) is 2. The summed E-state index contributed by atoms with van der Waals surface area (Å²) in [6, 6.07) is -1.34. The first-order valence-electron chi connectivity index (χ1n) is 28.6. The van der Waals surface area contributed by atoms with Crippen molar-refractivity contribution in [3.63, 3.8) is 0 Å². The Kier molecular flexibility index (Phi) is 42.1. The SMILES string of the molecule is C/C(=N\O)C(C)(C)NCC(CNC(C)(C)/C(C)=N/O)NC(=O)CCC(=O)NCCCC[C@H](NC(=O)CCCC(=O)NCCOCCOCC(=O)NCCOCCOCC(=O)NCCCC[C@H](C)C(N)=O)C(=O)NCCCCC(C)C(N)=O. The van der Waals surface area contributed by atoms with Gasteiger partial charge in [0.05, 0.1) is 68.2 Å². The molecule has 0 spiro atoms. The lowest BCUT2D eigenvalue weighted by Crippen LogP contribution is -2.57. The van der Waals surface area contributed by atoms with Crippen LogP contribution in [0.1, 0.15) is 145 Å². The van der Waals surface area contributed by atoms with Gasteiger partial charge in [0, 0.05) is 83.3 Å². The number of carbonyl (C=O) groups excluding carboxylic acids is 9. The van der Waals surface area contributed by atoms with E-state index in [0.717, 1.165) is 12.8 Å². The quantitative estimate of drug-likeness (QED) is 0.0162. The highest BCUT2D eigenvalue weighted by Crippen LogP contribution is 2.10. The zero-order chi connectivity index (χ0) is 61.8. The topological polar surface area (TPSA) is 416 Å². The maximum Gasteiger partial charge on any atom is 0.246 e. The molecule has 0 aliphatic carbocycles. The van der Waals surface area contributed by atoms with Crippen LogP contribution in [0, 0.1) is 11.8 Å². The number of carbonyl (C=O) groups is 9. The molecule has 0 aromatic rings. The van der Waals surface area contributed by atoms with Gasteiger partial charge in [-0.25, -0.2) is 0 Å². The molecule has 472 valence electrons. The Morgan fingerprint density at radius 2 is 0.829 bits per heavy atom. The van der Waals surface area contributed by atoms with Gasteiger partial charge in [-0.3, -0.25) is 43.2 Å². The van der Waals surface area contributed by atoms with Crippen molar-refractivity contribution in [2.45, 2.75) is 168 Å². The van der Waals surface area contributed by atoms with Gasteiger partial charge in [-0.2, -0.15) is 0 Å². The van der Waals surface area contributed by atoms with Crippen molar-refractivity contribution in [2.75, 3.05) is 98.7 Å². The number of nitrogens with one attached hydrogen (secondary N) is 9. The molecule has 0 saturated heterocycles. The van der Waals surface area contributed by atoms with Crippen LogP contribution in [-0.2, 0) is 62.1 Å². The van der Waals surface area contributed by atoms with Gasteiger partial charge in [0.2, 0.25) is 53.2 Å². The lowest BCUT2D eigenvalue weighted by molar-refractivity contribution is -0.129. The van der Waals surface area contributed by atoms with Gasteiger partial charge in [-0.15, -0.1) is 0 Å². The van der Waals surface area contributed by atoms with Crippen LogP contribution < -0.4 is 59.3 Å². The van der Waals surface area contributed by atoms with Crippen LogP contribution in [0.25, 0.3) is 0 Å². The van der Waals surface area contributed by atoms with Gasteiger partial charge in [-0.1, -0.05) is 37.0 Å². The molecule has 28 heteroatoms. The fourth-order valence-corrected chi connectivity index (χ4v) is 7.18. The molecule has 0 saturated carbocycles. The van der Waals surface area contributed by atoms with Crippen LogP contribution >= 0.6 is 0 Å². The van der Waals surface area contributed by atoms with Crippen LogP contribution in [-0.4, -0.2) is 197 Å². The third kappa shape index (κ3) is 40.2. The third-order valence-electron chi connectivity index (χ3n) is 13.4. The Labute approximate surface area is 484 Å². The summed E-state index contributed by atoms with van der Waals surface area (Å²) in [5.41, 5.74) is 10.1. The molecule has 1 unspecified atom stereocenters. The Morgan fingerprint density at radius 3 is 1.30 bits per heavy atom. The van der Waals surface area contributed by atoms with Gasteiger partial charge in [0.15, 0.2) is 0 Å². The van der Waals surface area contributed by atoms with E-state index >= 15 is 0 Å². The number of nitrogens with zero attached hydrogens (tertiary/aromatic N) is 2. The summed E-state index contributed by atoms with van der Waals surface area (Å²) in [5, 5.41) is 51.2. The Hall–Kier alpha value is -6.07. The van der Waals surface area contributed by atoms with E-state index < -0.39 is 35.0 Å². The van der Waals surface area contributed by atoms with E-state index in [4.69, 9.17) is 30.4 Å². The van der Waals surface area contributed by atoms with E-state index in [1.807, 2.05) is 27.7 Å². The largest absolute Gasteiger partial charge is 0.411 e. The van der Waals surface area contributed by atoms with Crippen LogP contribution in [0.5, 0.6) is 0 Å². The molecular weight excluding hydrogens is 1070 g/mol. The van der Waals surface area contributed by atoms with E-state index in [9.17, 15) is 53.6 Å². The lowest BCUT2D eigenvalue weighted by atomic mass is 9.98. The lowest BCUT2D eigenvalue weighted by Gasteiger charge is -2.32. The van der Waals surface area contributed by atoms with E-state index in [-0.39, 0.29) is 177 Å².